The molecule has 0 heterocycles. The number of ether oxygens (including phenoxy) is 2. The topological polar surface area (TPSA) is 44.5 Å². The maximum absolute atomic E-state index is 5.75. The molecule has 0 saturated carbocycles. The molecule has 0 radical (unpaired) electrons. The zero-order valence-corrected chi connectivity index (χ0v) is 13.9. The number of unbranched alkanes of at least 4 members (excludes halogenated alkanes) is 6. The minimum Gasteiger partial charge on any atom is -0.399 e. The maximum Gasteiger partial charge on any atom is 0.194 e. The van der Waals surface area contributed by atoms with Crippen LogP contribution >= 0.6 is 0 Å². The minimum atomic E-state index is -0.642. The summed E-state index contributed by atoms with van der Waals surface area (Å²) in [5.74, 6) is -0.642. The number of hydrogen-bond donors (Lipinski definition) is 1. The highest BCUT2D eigenvalue weighted by Gasteiger charge is 2.31. The molecule has 0 aliphatic heterocycles. The highest BCUT2D eigenvalue weighted by atomic mass is 16.7. The van der Waals surface area contributed by atoms with Crippen LogP contribution in [0.5, 0.6) is 0 Å². The van der Waals surface area contributed by atoms with Crippen LogP contribution < -0.4 is 5.73 Å². The summed E-state index contributed by atoms with van der Waals surface area (Å²) in [5.41, 5.74) is 7.55. The first-order chi connectivity index (χ1) is 10.2. The van der Waals surface area contributed by atoms with Gasteiger partial charge in [0.1, 0.15) is 0 Å². The highest BCUT2D eigenvalue weighted by Crippen LogP contribution is 2.32. The van der Waals surface area contributed by atoms with Crippen LogP contribution in [0.15, 0.2) is 24.3 Å². The third kappa shape index (κ3) is 5.68. The number of anilines is 1. The predicted octanol–water partition coefficient (Wildman–Crippen LogP) is 4.86. The number of nitrogens with two attached hydrogens (primary N) is 1. The molecule has 1 aromatic carbocycles. The molecule has 0 amide bonds. The zero-order valence-electron chi connectivity index (χ0n) is 13.9. The van der Waals surface area contributed by atoms with E-state index >= 15 is 0 Å². The van der Waals surface area contributed by atoms with Crippen molar-refractivity contribution < 1.29 is 9.47 Å². The smallest absolute Gasteiger partial charge is 0.194 e. The molecule has 1 aromatic rings. The molecular weight excluding hydrogens is 262 g/mol. The van der Waals surface area contributed by atoms with Crippen LogP contribution in [-0.4, -0.2) is 14.2 Å². The monoisotopic (exact) mass is 293 g/mol. The normalized spacial score (nSPS) is 11.8. The van der Waals surface area contributed by atoms with Crippen molar-refractivity contribution >= 4 is 5.69 Å². The second kappa shape index (κ2) is 9.80. The summed E-state index contributed by atoms with van der Waals surface area (Å²) in [4.78, 5) is 0. The number of hydrogen-bond acceptors (Lipinski definition) is 3. The van der Waals surface area contributed by atoms with E-state index in [1.807, 2.05) is 24.3 Å². The Bertz CT molecular complexity index is 371. The second-order valence-electron chi connectivity index (χ2n) is 5.65. The van der Waals surface area contributed by atoms with Crippen molar-refractivity contribution in [1.29, 1.82) is 0 Å². The molecular formula is C18H31NO2. The third-order valence-electron chi connectivity index (χ3n) is 4.12. The van der Waals surface area contributed by atoms with Crippen molar-refractivity contribution in [2.45, 2.75) is 64.1 Å². The van der Waals surface area contributed by atoms with Crippen molar-refractivity contribution in [3.05, 3.63) is 29.8 Å². The Balaban J connectivity index is 2.47. The fraction of sp³-hybridized carbons (Fsp3) is 0.667. The molecule has 2 N–H and O–H groups in total. The van der Waals surface area contributed by atoms with Gasteiger partial charge in [-0.2, -0.15) is 0 Å². The van der Waals surface area contributed by atoms with Crippen LogP contribution in [0.25, 0.3) is 0 Å². The van der Waals surface area contributed by atoms with Gasteiger partial charge in [-0.1, -0.05) is 57.6 Å². The van der Waals surface area contributed by atoms with Gasteiger partial charge in [-0.05, 0) is 18.6 Å². The average molecular weight is 293 g/mol. The molecule has 0 unspecified atom stereocenters. The molecule has 0 saturated heterocycles. The summed E-state index contributed by atoms with van der Waals surface area (Å²) >= 11 is 0. The van der Waals surface area contributed by atoms with Crippen molar-refractivity contribution in [2.75, 3.05) is 20.0 Å². The minimum absolute atomic E-state index is 0.642. The van der Waals surface area contributed by atoms with Crippen LogP contribution in [0.2, 0.25) is 0 Å². The number of rotatable bonds is 11. The lowest BCUT2D eigenvalue weighted by molar-refractivity contribution is -0.221. The van der Waals surface area contributed by atoms with Gasteiger partial charge >= 0.3 is 0 Å². The van der Waals surface area contributed by atoms with Crippen molar-refractivity contribution in [2.24, 2.45) is 0 Å². The van der Waals surface area contributed by atoms with Crippen LogP contribution in [0, 0.1) is 0 Å². The molecule has 21 heavy (non-hydrogen) atoms. The lowest BCUT2D eigenvalue weighted by Crippen LogP contribution is -2.30. The lowest BCUT2D eigenvalue weighted by Gasteiger charge is -2.31. The molecule has 0 aliphatic carbocycles. The first kappa shape index (κ1) is 18.0. The van der Waals surface area contributed by atoms with E-state index in [1.54, 1.807) is 14.2 Å². The Morgan fingerprint density at radius 1 is 0.857 bits per heavy atom. The summed E-state index contributed by atoms with van der Waals surface area (Å²) in [6.07, 6.45) is 9.85. The molecule has 3 nitrogen and oxygen atoms in total. The van der Waals surface area contributed by atoms with Gasteiger partial charge in [0.05, 0.1) is 0 Å². The van der Waals surface area contributed by atoms with Crippen molar-refractivity contribution in [1.82, 2.24) is 0 Å². The largest absolute Gasteiger partial charge is 0.399 e. The molecule has 120 valence electrons. The van der Waals surface area contributed by atoms with Crippen LogP contribution in [0.1, 0.15) is 63.9 Å². The summed E-state index contributed by atoms with van der Waals surface area (Å²) < 4.78 is 11.4. The van der Waals surface area contributed by atoms with Gasteiger partial charge in [-0.25, -0.2) is 0 Å². The van der Waals surface area contributed by atoms with E-state index in [9.17, 15) is 0 Å². The SMILES string of the molecule is CCCCCCCCCC(OC)(OC)c1ccc(N)cc1. The van der Waals surface area contributed by atoms with Gasteiger partial charge in [0.15, 0.2) is 5.79 Å². The summed E-state index contributed by atoms with van der Waals surface area (Å²) in [7, 11) is 3.42. The summed E-state index contributed by atoms with van der Waals surface area (Å²) in [6.45, 7) is 2.25. The van der Waals surface area contributed by atoms with Gasteiger partial charge < -0.3 is 15.2 Å². The molecule has 1 rings (SSSR count). The van der Waals surface area contributed by atoms with E-state index in [1.165, 1.54) is 38.5 Å². The standard InChI is InChI=1S/C18H31NO2/c1-4-5-6-7-8-9-10-15-18(20-2,21-3)16-11-13-17(19)14-12-16/h11-14H,4-10,15,19H2,1-3H3. The molecule has 0 spiro atoms. The Morgan fingerprint density at radius 3 is 1.90 bits per heavy atom. The van der Waals surface area contributed by atoms with E-state index < -0.39 is 5.79 Å². The molecule has 3 heteroatoms. The molecule has 0 atom stereocenters. The lowest BCUT2D eigenvalue weighted by atomic mass is 9.97. The maximum atomic E-state index is 5.75. The van der Waals surface area contributed by atoms with Gasteiger partial charge in [0.25, 0.3) is 0 Å². The number of nitrogen functional groups attached to an aromatic ring is 1. The van der Waals surface area contributed by atoms with E-state index in [2.05, 4.69) is 6.92 Å². The van der Waals surface area contributed by atoms with Crippen LogP contribution in [0.3, 0.4) is 0 Å². The second-order valence-corrected chi connectivity index (χ2v) is 5.65. The van der Waals surface area contributed by atoms with E-state index in [0.717, 1.165) is 24.1 Å². The Kier molecular flexibility index (Phi) is 8.40. The quantitative estimate of drug-likeness (QED) is 0.360. The summed E-state index contributed by atoms with van der Waals surface area (Å²) in [5, 5.41) is 0. The zero-order chi connectivity index (χ0) is 15.6. The van der Waals surface area contributed by atoms with Gasteiger partial charge in [-0.15, -0.1) is 0 Å². The van der Waals surface area contributed by atoms with E-state index in [-0.39, 0.29) is 0 Å². The van der Waals surface area contributed by atoms with Crippen molar-refractivity contribution in [3.8, 4) is 0 Å². The van der Waals surface area contributed by atoms with Gasteiger partial charge in [-0.3, -0.25) is 0 Å². The average Bonchev–Trinajstić information content (AvgIpc) is 2.52. The summed E-state index contributed by atoms with van der Waals surface area (Å²) in [6, 6.07) is 7.77. The Hall–Kier alpha value is -1.06. The number of methoxy groups -OCH3 is 2. The van der Waals surface area contributed by atoms with Gasteiger partial charge in [0.2, 0.25) is 0 Å². The van der Waals surface area contributed by atoms with Crippen LogP contribution in [0.4, 0.5) is 5.69 Å². The van der Waals surface area contributed by atoms with Crippen molar-refractivity contribution in [3.63, 3.8) is 0 Å². The Labute approximate surface area is 129 Å². The highest BCUT2D eigenvalue weighted by molar-refractivity contribution is 5.40. The first-order valence-corrected chi connectivity index (χ1v) is 8.15. The molecule has 0 bridgehead atoms. The molecule has 0 fully saturated rings. The molecule has 0 aromatic heterocycles. The fourth-order valence-corrected chi connectivity index (χ4v) is 2.72. The van der Waals surface area contributed by atoms with Crippen LogP contribution in [-0.2, 0) is 15.3 Å². The third-order valence-corrected chi connectivity index (χ3v) is 4.12. The Morgan fingerprint density at radius 2 is 1.38 bits per heavy atom. The first-order valence-electron chi connectivity index (χ1n) is 8.15. The van der Waals surface area contributed by atoms with Gasteiger partial charge in [0, 0.05) is 31.9 Å². The molecule has 0 aliphatic rings. The van der Waals surface area contributed by atoms with E-state index in [0.29, 0.717) is 0 Å². The fourth-order valence-electron chi connectivity index (χ4n) is 2.72. The van der Waals surface area contributed by atoms with E-state index in [4.69, 9.17) is 15.2 Å². The number of benzene rings is 1. The predicted molar refractivity (Wildman–Crippen MR) is 89.2 cm³/mol.